The molecule has 0 aliphatic carbocycles. The van der Waals surface area contributed by atoms with E-state index in [2.05, 4.69) is 10.3 Å². The number of carbonyl (C=O) groups excluding carboxylic acids is 1. The van der Waals surface area contributed by atoms with Crippen molar-refractivity contribution in [1.82, 2.24) is 14.9 Å². The highest BCUT2D eigenvalue weighted by Gasteiger charge is 2.20. The second-order valence-corrected chi connectivity index (χ2v) is 8.17. The van der Waals surface area contributed by atoms with Crippen molar-refractivity contribution < 1.29 is 19.1 Å². The van der Waals surface area contributed by atoms with Crippen LogP contribution >= 0.6 is 11.8 Å². The molecule has 166 valence electrons. The van der Waals surface area contributed by atoms with Gasteiger partial charge in [0.2, 0.25) is 0 Å². The Hall–Kier alpha value is -3.39. The minimum absolute atomic E-state index is 0.316. The minimum Gasteiger partial charge on any atom is -0.480 e. The van der Waals surface area contributed by atoms with Crippen LogP contribution in [0.3, 0.4) is 0 Å². The Balaban J connectivity index is 1.86. The van der Waals surface area contributed by atoms with Crippen molar-refractivity contribution in [1.29, 1.82) is 0 Å². The normalized spacial score (nSPS) is 12.4. The Morgan fingerprint density at radius 1 is 1.22 bits per heavy atom. The Bertz CT molecular complexity index is 1080. The molecule has 8 heteroatoms. The van der Waals surface area contributed by atoms with E-state index in [0.29, 0.717) is 24.3 Å². The summed E-state index contributed by atoms with van der Waals surface area (Å²) >= 11 is 1.53. The second kappa shape index (κ2) is 11.3. The summed E-state index contributed by atoms with van der Waals surface area (Å²) in [5, 5.41) is 12.0. The maximum absolute atomic E-state index is 13.4. The van der Waals surface area contributed by atoms with Gasteiger partial charge in [0.05, 0.1) is 6.33 Å². The largest absolute Gasteiger partial charge is 0.480 e. The molecular weight excluding hydrogens is 429 g/mol. The molecule has 0 aliphatic heterocycles. The van der Waals surface area contributed by atoms with Crippen LogP contribution in [0.1, 0.15) is 27.9 Å². The van der Waals surface area contributed by atoms with Crippen LogP contribution < -0.4 is 5.32 Å². The van der Waals surface area contributed by atoms with Gasteiger partial charge in [-0.15, -0.1) is 0 Å². The highest BCUT2D eigenvalue weighted by Crippen LogP contribution is 2.21. The molecule has 0 unspecified atom stereocenters. The van der Waals surface area contributed by atoms with Crippen LogP contribution in [-0.4, -0.2) is 44.6 Å². The first-order chi connectivity index (χ1) is 15.5. The molecule has 3 rings (SSSR count). The zero-order chi connectivity index (χ0) is 22.9. The highest BCUT2D eigenvalue weighted by atomic mass is 32.2. The summed E-state index contributed by atoms with van der Waals surface area (Å²) in [6.07, 6.45) is 9.37. The average molecular weight is 454 g/mol. The van der Waals surface area contributed by atoms with E-state index >= 15 is 0 Å². The molecule has 0 spiro atoms. The Morgan fingerprint density at radius 3 is 2.66 bits per heavy atom. The van der Waals surface area contributed by atoms with Gasteiger partial charge >= 0.3 is 5.97 Å². The molecule has 32 heavy (non-hydrogen) atoms. The second-order valence-electron chi connectivity index (χ2n) is 7.18. The molecule has 0 fully saturated rings. The van der Waals surface area contributed by atoms with Crippen molar-refractivity contribution in [2.24, 2.45) is 0 Å². The van der Waals surface area contributed by atoms with Crippen molar-refractivity contribution in [3.8, 4) is 0 Å². The number of hydrogen-bond acceptors (Lipinski definition) is 4. The van der Waals surface area contributed by atoms with Crippen LogP contribution in [0.2, 0.25) is 0 Å². The molecule has 2 aromatic carbocycles. The van der Waals surface area contributed by atoms with E-state index in [1.54, 1.807) is 42.9 Å². The molecule has 1 heterocycles. The van der Waals surface area contributed by atoms with Gasteiger partial charge in [0.25, 0.3) is 5.91 Å². The average Bonchev–Trinajstić information content (AvgIpc) is 3.30. The molecular formula is C24H24FN3O3S. The molecule has 3 aromatic rings. The first kappa shape index (κ1) is 23.3. The summed E-state index contributed by atoms with van der Waals surface area (Å²) in [7, 11) is 0. The molecule has 0 saturated heterocycles. The van der Waals surface area contributed by atoms with Crippen molar-refractivity contribution in [2.45, 2.75) is 19.0 Å². The first-order valence-electron chi connectivity index (χ1n) is 10.0. The standard InChI is InChI=1S/C24H24FN3O3S/c1-32-12-9-22(24(30)31)27-23(29)19-4-2-3-17(13-19)14-20(15-28-11-10-26-16-28)18-5-7-21(25)8-6-18/h2-8,10-11,13-14,16,22H,9,12,15H2,1H3,(H,27,29)(H,30,31)/b20-14-/t22-/m0/s1. The molecule has 2 N–H and O–H groups in total. The van der Waals surface area contributed by atoms with Gasteiger partial charge in [0.15, 0.2) is 0 Å². The van der Waals surface area contributed by atoms with Gasteiger partial charge in [-0.2, -0.15) is 11.8 Å². The smallest absolute Gasteiger partial charge is 0.326 e. The number of carbonyl (C=O) groups is 2. The van der Waals surface area contributed by atoms with E-state index in [1.165, 1.54) is 23.9 Å². The van der Waals surface area contributed by atoms with Crippen LogP contribution in [0.25, 0.3) is 11.6 Å². The van der Waals surface area contributed by atoms with Crippen molar-refractivity contribution >= 4 is 35.3 Å². The number of aliphatic carboxylic acids is 1. The number of halogens is 1. The third-order valence-corrected chi connectivity index (χ3v) is 5.47. The molecule has 1 aromatic heterocycles. The summed E-state index contributed by atoms with van der Waals surface area (Å²) in [5.74, 6) is -1.17. The number of nitrogens with one attached hydrogen (secondary N) is 1. The number of nitrogens with zero attached hydrogens (tertiary/aromatic N) is 2. The summed E-state index contributed by atoms with van der Waals surface area (Å²) < 4.78 is 15.3. The van der Waals surface area contributed by atoms with Crippen molar-refractivity contribution in [3.05, 3.63) is 89.8 Å². The van der Waals surface area contributed by atoms with Gasteiger partial charge in [-0.05, 0) is 65.5 Å². The van der Waals surface area contributed by atoms with Gasteiger partial charge < -0.3 is 15.0 Å². The molecule has 1 atom stereocenters. The molecule has 1 amide bonds. The van der Waals surface area contributed by atoms with Crippen LogP contribution in [0.4, 0.5) is 4.39 Å². The number of carboxylic acids is 1. The monoisotopic (exact) mass is 453 g/mol. The molecule has 6 nitrogen and oxygen atoms in total. The lowest BCUT2D eigenvalue weighted by molar-refractivity contribution is -0.139. The molecule has 0 saturated carbocycles. The number of rotatable bonds is 10. The summed E-state index contributed by atoms with van der Waals surface area (Å²) in [6.45, 7) is 0.512. The SMILES string of the molecule is CSCC[C@H](NC(=O)c1cccc(/C=C(/Cn2ccnc2)c2ccc(F)cc2)c1)C(=O)O. The third kappa shape index (κ3) is 6.55. The highest BCUT2D eigenvalue weighted by molar-refractivity contribution is 7.98. The zero-order valence-electron chi connectivity index (χ0n) is 17.6. The van der Waals surface area contributed by atoms with Gasteiger partial charge in [0, 0.05) is 24.5 Å². The fraction of sp³-hybridized carbons (Fsp3) is 0.208. The number of imidazole rings is 1. The summed E-state index contributed by atoms with van der Waals surface area (Å²) in [5.41, 5.74) is 2.89. The topological polar surface area (TPSA) is 84.2 Å². The lowest BCUT2D eigenvalue weighted by atomic mass is 10.0. The predicted octanol–water partition coefficient (Wildman–Crippen LogP) is 4.20. The number of aromatic nitrogens is 2. The third-order valence-electron chi connectivity index (χ3n) is 4.83. The van der Waals surface area contributed by atoms with Crippen LogP contribution in [0.15, 0.2) is 67.3 Å². The van der Waals surface area contributed by atoms with Crippen LogP contribution in [-0.2, 0) is 11.3 Å². The molecule has 0 radical (unpaired) electrons. The minimum atomic E-state index is -1.05. The molecule has 0 aliphatic rings. The number of thioether (sulfide) groups is 1. The van der Waals surface area contributed by atoms with E-state index in [4.69, 9.17) is 0 Å². The van der Waals surface area contributed by atoms with E-state index in [-0.39, 0.29) is 5.82 Å². The number of allylic oxidation sites excluding steroid dienone is 1. The Morgan fingerprint density at radius 2 is 2.00 bits per heavy atom. The van der Waals surface area contributed by atoms with Crippen LogP contribution in [0.5, 0.6) is 0 Å². The van der Waals surface area contributed by atoms with E-state index in [9.17, 15) is 19.1 Å². The fourth-order valence-corrected chi connectivity index (χ4v) is 3.64. The first-order valence-corrected chi connectivity index (χ1v) is 11.4. The maximum Gasteiger partial charge on any atom is 0.326 e. The van der Waals surface area contributed by atoms with Gasteiger partial charge in [0.1, 0.15) is 11.9 Å². The fourth-order valence-electron chi connectivity index (χ4n) is 3.17. The Labute approximate surface area is 190 Å². The summed E-state index contributed by atoms with van der Waals surface area (Å²) in [6, 6.07) is 12.2. The lowest BCUT2D eigenvalue weighted by Crippen LogP contribution is -2.41. The Kier molecular flexibility index (Phi) is 8.21. The van der Waals surface area contributed by atoms with E-state index in [1.807, 2.05) is 29.2 Å². The predicted molar refractivity (Wildman–Crippen MR) is 125 cm³/mol. The zero-order valence-corrected chi connectivity index (χ0v) is 18.4. The van der Waals surface area contributed by atoms with Crippen molar-refractivity contribution in [2.75, 3.05) is 12.0 Å². The van der Waals surface area contributed by atoms with Crippen LogP contribution in [0, 0.1) is 5.82 Å². The van der Waals surface area contributed by atoms with E-state index < -0.39 is 17.9 Å². The van der Waals surface area contributed by atoms with Gasteiger partial charge in [-0.25, -0.2) is 14.2 Å². The lowest BCUT2D eigenvalue weighted by Gasteiger charge is -2.14. The van der Waals surface area contributed by atoms with E-state index in [0.717, 1.165) is 16.7 Å². The number of carboxylic acid groups (broad SMARTS) is 1. The maximum atomic E-state index is 13.4. The number of benzene rings is 2. The quantitative estimate of drug-likeness (QED) is 0.450. The van der Waals surface area contributed by atoms with Gasteiger partial charge in [-0.3, -0.25) is 4.79 Å². The van der Waals surface area contributed by atoms with Crippen molar-refractivity contribution in [3.63, 3.8) is 0 Å². The summed E-state index contributed by atoms with van der Waals surface area (Å²) in [4.78, 5) is 28.2. The number of hydrogen-bond donors (Lipinski definition) is 2. The number of amides is 1. The van der Waals surface area contributed by atoms with Gasteiger partial charge in [-0.1, -0.05) is 24.3 Å². The molecule has 0 bridgehead atoms.